The van der Waals surface area contributed by atoms with Gasteiger partial charge >= 0.3 is 0 Å². The van der Waals surface area contributed by atoms with E-state index in [1.807, 2.05) is 18.2 Å². The molecule has 0 heterocycles. The highest BCUT2D eigenvalue weighted by Gasteiger charge is 2.22. The van der Waals surface area contributed by atoms with Crippen LogP contribution >= 0.6 is 0 Å². The maximum atomic E-state index is 6.21. The minimum Gasteiger partial charge on any atom is -0.383 e. The summed E-state index contributed by atoms with van der Waals surface area (Å²) in [4.78, 5) is 0. The normalized spacial score (nSPS) is 15.1. The van der Waals surface area contributed by atoms with Crippen molar-refractivity contribution in [1.29, 1.82) is 0 Å². The summed E-state index contributed by atoms with van der Waals surface area (Å²) in [5.41, 5.74) is 7.26. The molecule has 1 atom stereocenters. The van der Waals surface area contributed by atoms with E-state index in [0.29, 0.717) is 6.61 Å². The highest BCUT2D eigenvalue weighted by molar-refractivity contribution is 5.17. The Labute approximate surface area is 86.1 Å². The second-order valence-electron chi connectivity index (χ2n) is 3.81. The van der Waals surface area contributed by atoms with Gasteiger partial charge in [0, 0.05) is 12.6 Å². The SMILES string of the molecule is CCC(N)(COC)Cc1ccccc1. The molecule has 0 aliphatic carbocycles. The number of nitrogens with two attached hydrogens (primary N) is 1. The van der Waals surface area contributed by atoms with Gasteiger partial charge in [-0.3, -0.25) is 0 Å². The van der Waals surface area contributed by atoms with E-state index in [1.165, 1.54) is 5.56 Å². The standard InChI is InChI=1S/C12H19NO/c1-3-12(13,10-14-2)9-11-7-5-4-6-8-11/h4-8H,3,9-10,13H2,1-2H3. The van der Waals surface area contributed by atoms with Crippen LogP contribution in [0.3, 0.4) is 0 Å². The van der Waals surface area contributed by atoms with Gasteiger partial charge in [0.1, 0.15) is 0 Å². The van der Waals surface area contributed by atoms with Crippen molar-refractivity contribution < 1.29 is 4.74 Å². The van der Waals surface area contributed by atoms with Crippen molar-refractivity contribution in [3.8, 4) is 0 Å². The van der Waals surface area contributed by atoms with Crippen LogP contribution in [0.25, 0.3) is 0 Å². The maximum Gasteiger partial charge on any atom is 0.0645 e. The smallest absolute Gasteiger partial charge is 0.0645 e. The van der Waals surface area contributed by atoms with Crippen LogP contribution in [-0.4, -0.2) is 19.3 Å². The van der Waals surface area contributed by atoms with Crippen LogP contribution in [0.4, 0.5) is 0 Å². The molecule has 2 heteroatoms. The van der Waals surface area contributed by atoms with Gasteiger partial charge in [0.2, 0.25) is 0 Å². The lowest BCUT2D eigenvalue weighted by molar-refractivity contribution is 0.129. The van der Waals surface area contributed by atoms with Gasteiger partial charge in [0.25, 0.3) is 0 Å². The van der Waals surface area contributed by atoms with Crippen molar-refractivity contribution in [2.45, 2.75) is 25.3 Å². The molecule has 2 N–H and O–H groups in total. The fraction of sp³-hybridized carbons (Fsp3) is 0.500. The van der Waals surface area contributed by atoms with E-state index in [1.54, 1.807) is 7.11 Å². The van der Waals surface area contributed by atoms with Crippen molar-refractivity contribution in [3.05, 3.63) is 35.9 Å². The van der Waals surface area contributed by atoms with Gasteiger partial charge in [0.15, 0.2) is 0 Å². The Balaban J connectivity index is 2.65. The van der Waals surface area contributed by atoms with Gasteiger partial charge in [-0.15, -0.1) is 0 Å². The summed E-state index contributed by atoms with van der Waals surface area (Å²) in [7, 11) is 1.70. The molecule has 0 saturated carbocycles. The average Bonchev–Trinajstić information content (AvgIpc) is 2.20. The molecule has 1 unspecified atom stereocenters. The molecule has 0 spiro atoms. The molecule has 1 rings (SSSR count). The van der Waals surface area contributed by atoms with E-state index in [-0.39, 0.29) is 5.54 Å². The first kappa shape index (κ1) is 11.2. The van der Waals surface area contributed by atoms with Crippen LogP contribution in [-0.2, 0) is 11.2 Å². The summed E-state index contributed by atoms with van der Waals surface area (Å²) in [5.74, 6) is 0. The molecule has 0 aromatic heterocycles. The lowest BCUT2D eigenvalue weighted by atomic mass is 9.90. The van der Waals surface area contributed by atoms with Crippen molar-refractivity contribution in [2.75, 3.05) is 13.7 Å². The lowest BCUT2D eigenvalue weighted by Gasteiger charge is -2.27. The topological polar surface area (TPSA) is 35.2 Å². The van der Waals surface area contributed by atoms with Gasteiger partial charge in [-0.2, -0.15) is 0 Å². The third kappa shape index (κ3) is 3.13. The zero-order valence-electron chi connectivity index (χ0n) is 8.99. The average molecular weight is 193 g/mol. The zero-order valence-corrected chi connectivity index (χ0v) is 8.99. The fourth-order valence-corrected chi connectivity index (χ4v) is 1.57. The largest absolute Gasteiger partial charge is 0.383 e. The van der Waals surface area contributed by atoms with Crippen molar-refractivity contribution in [3.63, 3.8) is 0 Å². The molecule has 78 valence electrons. The highest BCUT2D eigenvalue weighted by atomic mass is 16.5. The summed E-state index contributed by atoms with van der Waals surface area (Å²) in [6.07, 6.45) is 1.80. The highest BCUT2D eigenvalue weighted by Crippen LogP contribution is 2.14. The molecule has 0 aliphatic heterocycles. The first-order valence-corrected chi connectivity index (χ1v) is 5.02. The van der Waals surface area contributed by atoms with Crippen LogP contribution in [0.5, 0.6) is 0 Å². The summed E-state index contributed by atoms with van der Waals surface area (Å²) in [6.45, 7) is 2.71. The summed E-state index contributed by atoms with van der Waals surface area (Å²) < 4.78 is 5.15. The summed E-state index contributed by atoms with van der Waals surface area (Å²) >= 11 is 0. The maximum absolute atomic E-state index is 6.21. The Morgan fingerprint density at radius 3 is 2.43 bits per heavy atom. The van der Waals surface area contributed by atoms with Gasteiger partial charge in [0.05, 0.1) is 6.61 Å². The van der Waals surface area contributed by atoms with E-state index in [9.17, 15) is 0 Å². The van der Waals surface area contributed by atoms with Gasteiger partial charge < -0.3 is 10.5 Å². The summed E-state index contributed by atoms with van der Waals surface area (Å²) in [5, 5.41) is 0. The fourth-order valence-electron chi connectivity index (χ4n) is 1.57. The molecule has 1 aromatic carbocycles. The molecule has 14 heavy (non-hydrogen) atoms. The minimum absolute atomic E-state index is 0.226. The van der Waals surface area contributed by atoms with Crippen molar-refractivity contribution >= 4 is 0 Å². The second-order valence-corrected chi connectivity index (χ2v) is 3.81. The molecule has 0 bridgehead atoms. The number of methoxy groups -OCH3 is 1. The molecule has 0 aliphatic rings. The van der Waals surface area contributed by atoms with Crippen LogP contribution in [0.15, 0.2) is 30.3 Å². The molecule has 2 nitrogen and oxygen atoms in total. The monoisotopic (exact) mass is 193 g/mol. The number of benzene rings is 1. The first-order chi connectivity index (χ1) is 6.70. The Morgan fingerprint density at radius 2 is 1.93 bits per heavy atom. The predicted molar refractivity (Wildman–Crippen MR) is 59.2 cm³/mol. The molecular formula is C12H19NO. The van der Waals surface area contributed by atoms with E-state index >= 15 is 0 Å². The number of rotatable bonds is 5. The molecule has 0 fully saturated rings. The Hall–Kier alpha value is -0.860. The Morgan fingerprint density at radius 1 is 1.29 bits per heavy atom. The number of hydrogen-bond acceptors (Lipinski definition) is 2. The van der Waals surface area contributed by atoms with Crippen LogP contribution in [0, 0.1) is 0 Å². The molecule has 0 radical (unpaired) electrons. The predicted octanol–water partition coefficient (Wildman–Crippen LogP) is 1.98. The summed E-state index contributed by atoms with van der Waals surface area (Å²) in [6, 6.07) is 10.3. The quantitative estimate of drug-likeness (QED) is 0.776. The van der Waals surface area contributed by atoms with E-state index in [2.05, 4.69) is 19.1 Å². The number of hydrogen-bond donors (Lipinski definition) is 1. The molecule has 0 amide bonds. The Kier molecular flexibility index (Phi) is 4.11. The van der Waals surface area contributed by atoms with Gasteiger partial charge in [-0.25, -0.2) is 0 Å². The molecular weight excluding hydrogens is 174 g/mol. The lowest BCUT2D eigenvalue weighted by Crippen LogP contribution is -2.45. The van der Waals surface area contributed by atoms with E-state index < -0.39 is 0 Å². The molecule has 1 aromatic rings. The van der Waals surface area contributed by atoms with Crippen LogP contribution < -0.4 is 5.73 Å². The number of ether oxygens (including phenoxy) is 1. The first-order valence-electron chi connectivity index (χ1n) is 5.02. The third-order valence-electron chi connectivity index (χ3n) is 2.53. The zero-order chi connectivity index (χ0) is 10.4. The van der Waals surface area contributed by atoms with Crippen LogP contribution in [0.2, 0.25) is 0 Å². The second kappa shape index (κ2) is 5.13. The van der Waals surface area contributed by atoms with Crippen LogP contribution in [0.1, 0.15) is 18.9 Å². The minimum atomic E-state index is -0.226. The third-order valence-corrected chi connectivity index (χ3v) is 2.53. The van der Waals surface area contributed by atoms with Crippen molar-refractivity contribution in [1.82, 2.24) is 0 Å². The van der Waals surface area contributed by atoms with E-state index in [0.717, 1.165) is 12.8 Å². The molecule has 0 saturated heterocycles. The van der Waals surface area contributed by atoms with Gasteiger partial charge in [-0.1, -0.05) is 37.3 Å². The van der Waals surface area contributed by atoms with Crippen molar-refractivity contribution in [2.24, 2.45) is 5.73 Å². The van der Waals surface area contributed by atoms with E-state index in [4.69, 9.17) is 10.5 Å². The Bertz CT molecular complexity index is 260. The van der Waals surface area contributed by atoms with Gasteiger partial charge in [-0.05, 0) is 18.4 Å².